The number of aryl methyl sites for hydroxylation is 1. The van der Waals surface area contributed by atoms with Gasteiger partial charge in [0.05, 0.1) is 5.69 Å². The predicted octanol–water partition coefficient (Wildman–Crippen LogP) is 2.07. The van der Waals surface area contributed by atoms with Crippen LogP contribution in [0.5, 0.6) is 0 Å². The van der Waals surface area contributed by atoms with Crippen LogP contribution >= 0.6 is 0 Å². The first kappa shape index (κ1) is 12.5. The van der Waals surface area contributed by atoms with Crippen LogP contribution < -0.4 is 5.73 Å². The van der Waals surface area contributed by atoms with E-state index in [2.05, 4.69) is 35.8 Å². The van der Waals surface area contributed by atoms with E-state index in [0.717, 1.165) is 22.8 Å². The van der Waals surface area contributed by atoms with Crippen molar-refractivity contribution in [2.75, 3.05) is 5.73 Å². The fourth-order valence-corrected chi connectivity index (χ4v) is 1.66. The lowest BCUT2D eigenvalue weighted by molar-refractivity contribution is 0.546. The van der Waals surface area contributed by atoms with E-state index in [9.17, 15) is 0 Å². The third kappa shape index (κ3) is 2.20. The van der Waals surface area contributed by atoms with Crippen molar-refractivity contribution in [2.45, 2.75) is 33.1 Å². The minimum absolute atomic E-state index is 0.134. The number of aromatic nitrogens is 4. The van der Waals surface area contributed by atoms with E-state index in [1.807, 2.05) is 26.2 Å². The highest BCUT2D eigenvalue weighted by Gasteiger charge is 2.21. The Labute approximate surface area is 107 Å². The van der Waals surface area contributed by atoms with Crippen molar-refractivity contribution in [3.8, 4) is 11.4 Å². The topological polar surface area (TPSA) is 69.6 Å². The highest BCUT2D eigenvalue weighted by Crippen LogP contribution is 2.27. The monoisotopic (exact) mass is 245 g/mol. The molecule has 96 valence electrons. The number of anilines is 1. The van der Waals surface area contributed by atoms with Gasteiger partial charge in [-0.15, -0.1) is 0 Å². The fraction of sp³-hybridized carbons (Fsp3) is 0.462. The summed E-state index contributed by atoms with van der Waals surface area (Å²) in [6.45, 7) is 8.13. The molecule has 18 heavy (non-hydrogen) atoms. The maximum Gasteiger partial charge on any atom is 0.136 e. The zero-order chi connectivity index (χ0) is 13.5. The summed E-state index contributed by atoms with van der Waals surface area (Å²) in [5.74, 6) is 1.27. The molecule has 2 heterocycles. The number of nitrogen functional groups attached to an aromatic ring is 1. The number of rotatable bonds is 1. The highest BCUT2D eigenvalue weighted by atomic mass is 15.3. The van der Waals surface area contributed by atoms with Crippen LogP contribution in [0.1, 0.15) is 32.2 Å². The third-order valence-electron chi connectivity index (χ3n) is 2.81. The molecule has 0 saturated heterocycles. The maximum absolute atomic E-state index is 5.98. The van der Waals surface area contributed by atoms with Crippen molar-refractivity contribution in [2.24, 2.45) is 7.05 Å². The van der Waals surface area contributed by atoms with Gasteiger partial charge in [-0.1, -0.05) is 20.8 Å². The Kier molecular flexibility index (Phi) is 2.84. The number of nitrogens with zero attached hydrogens (tertiary/aromatic N) is 4. The Hall–Kier alpha value is -1.91. The molecule has 2 aromatic heterocycles. The third-order valence-corrected chi connectivity index (χ3v) is 2.81. The molecule has 0 unspecified atom stereocenters. The Balaban J connectivity index is 2.63. The molecule has 0 radical (unpaired) electrons. The van der Waals surface area contributed by atoms with E-state index in [1.54, 1.807) is 4.68 Å². The lowest BCUT2D eigenvalue weighted by Gasteiger charge is -2.18. The van der Waals surface area contributed by atoms with E-state index in [-0.39, 0.29) is 5.41 Å². The van der Waals surface area contributed by atoms with Crippen LogP contribution in [0.15, 0.2) is 12.3 Å². The molecule has 0 aliphatic carbocycles. The fourth-order valence-electron chi connectivity index (χ4n) is 1.66. The first-order valence-corrected chi connectivity index (χ1v) is 5.93. The van der Waals surface area contributed by atoms with E-state index < -0.39 is 0 Å². The molecule has 0 spiro atoms. The molecule has 0 aliphatic heterocycles. The average molecular weight is 245 g/mol. The number of hydrogen-bond acceptors (Lipinski definition) is 4. The molecule has 0 atom stereocenters. The summed E-state index contributed by atoms with van der Waals surface area (Å²) in [5.41, 5.74) is 8.36. The Morgan fingerprint density at radius 1 is 1.22 bits per heavy atom. The van der Waals surface area contributed by atoms with Gasteiger partial charge in [0.25, 0.3) is 0 Å². The molecule has 0 bridgehead atoms. The molecule has 5 nitrogen and oxygen atoms in total. The van der Waals surface area contributed by atoms with Crippen LogP contribution in [0.3, 0.4) is 0 Å². The normalized spacial score (nSPS) is 11.8. The number of nitrogens with two attached hydrogens (primary N) is 1. The predicted molar refractivity (Wildman–Crippen MR) is 72.1 cm³/mol. The van der Waals surface area contributed by atoms with Crippen molar-refractivity contribution in [1.82, 2.24) is 19.7 Å². The van der Waals surface area contributed by atoms with E-state index >= 15 is 0 Å². The molecule has 2 N–H and O–H groups in total. The zero-order valence-electron chi connectivity index (χ0n) is 11.5. The van der Waals surface area contributed by atoms with Crippen LogP contribution in [-0.4, -0.2) is 19.7 Å². The second-order valence-corrected chi connectivity index (χ2v) is 5.53. The molecule has 5 heteroatoms. The molecular weight excluding hydrogens is 226 g/mol. The SMILES string of the molecule is Cc1c(N)nc(C(C)(C)C)nc1-c1ccn(C)n1. The minimum Gasteiger partial charge on any atom is -0.383 e. The van der Waals surface area contributed by atoms with Crippen molar-refractivity contribution in [1.29, 1.82) is 0 Å². The largest absolute Gasteiger partial charge is 0.383 e. The minimum atomic E-state index is -0.134. The van der Waals surface area contributed by atoms with Gasteiger partial charge in [-0.2, -0.15) is 5.10 Å². The summed E-state index contributed by atoms with van der Waals surface area (Å²) in [6.07, 6.45) is 1.89. The van der Waals surface area contributed by atoms with Gasteiger partial charge in [0.1, 0.15) is 17.3 Å². The van der Waals surface area contributed by atoms with Gasteiger partial charge in [0.15, 0.2) is 0 Å². The van der Waals surface area contributed by atoms with Gasteiger partial charge in [0, 0.05) is 24.2 Å². The van der Waals surface area contributed by atoms with E-state index in [1.165, 1.54) is 0 Å². The quantitative estimate of drug-likeness (QED) is 0.835. The summed E-state index contributed by atoms with van der Waals surface area (Å²) in [4.78, 5) is 8.99. The van der Waals surface area contributed by atoms with E-state index in [4.69, 9.17) is 5.73 Å². The summed E-state index contributed by atoms with van der Waals surface area (Å²) in [5, 5.41) is 4.38. The van der Waals surface area contributed by atoms with Gasteiger partial charge in [-0.3, -0.25) is 4.68 Å². The molecular formula is C13H19N5. The average Bonchev–Trinajstić information content (AvgIpc) is 2.67. The van der Waals surface area contributed by atoms with Gasteiger partial charge in [0.2, 0.25) is 0 Å². The van der Waals surface area contributed by atoms with Crippen LogP contribution in [0.2, 0.25) is 0 Å². The lowest BCUT2D eigenvalue weighted by Crippen LogP contribution is -2.18. The first-order chi connectivity index (χ1) is 8.29. The Morgan fingerprint density at radius 3 is 2.39 bits per heavy atom. The second kappa shape index (κ2) is 4.08. The lowest BCUT2D eigenvalue weighted by atomic mass is 9.95. The molecule has 0 fully saturated rings. The number of hydrogen-bond donors (Lipinski definition) is 1. The summed E-state index contributed by atoms with van der Waals surface area (Å²) >= 11 is 0. The summed E-state index contributed by atoms with van der Waals surface area (Å²) in [7, 11) is 1.88. The smallest absolute Gasteiger partial charge is 0.136 e. The second-order valence-electron chi connectivity index (χ2n) is 5.53. The molecule has 2 rings (SSSR count). The maximum atomic E-state index is 5.98. The van der Waals surface area contributed by atoms with Crippen LogP contribution in [0, 0.1) is 6.92 Å². The van der Waals surface area contributed by atoms with Crippen molar-refractivity contribution in [3.63, 3.8) is 0 Å². The van der Waals surface area contributed by atoms with Crippen LogP contribution in [0.4, 0.5) is 5.82 Å². The Bertz CT molecular complexity index is 578. The molecule has 0 aromatic carbocycles. The zero-order valence-corrected chi connectivity index (χ0v) is 11.5. The van der Waals surface area contributed by atoms with Gasteiger partial charge in [-0.05, 0) is 13.0 Å². The summed E-state index contributed by atoms with van der Waals surface area (Å²) < 4.78 is 1.75. The highest BCUT2D eigenvalue weighted by molar-refractivity contribution is 5.63. The summed E-state index contributed by atoms with van der Waals surface area (Å²) in [6, 6.07) is 1.93. The molecule has 0 saturated carbocycles. The molecule has 2 aromatic rings. The first-order valence-electron chi connectivity index (χ1n) is 5.93. The molecule has 0 aliphatic rings. The van der Waals surface area contributed by atoms with Gasteiger partial charge < -0.3 is 5.73 Å². The van der Waals surface area contributed by atoms with Gasteiger partial charge in [-0.25, -0.2) is 9.97 Å². The standard InChI is InChI=1S/C13H19N5/c1-8-10(9-6-7-18(5)17-9)15-12(13(2,3)4)16-11(8)14/h6-7H,1-5H3,(H2,14,15,16). The van der Waals surface area contributed by atoms with Gasteiger partial charge >= 0.3 is 0 Å². The molecule has 0 amide bonds. The van der Waals surface area contributed by atoms with Crippen LogP contribution in [-0.2, 0) is 12.5 Å². The Morgan fingerprint density at radius 2 is 1.89 bits per heavy atom. The van der Waals surface area contributed by atoms with Crippen LogP contribution in [0.25, 0.3) is 11.4 Å². The van der Waals surface area contributed by atoms with E-state index in [0.29, 0.717) is 5.82 Å². The van der Waals surface area contributed by atoms with Crippen molar-refractivity contribution < 1.29 is 0 Å². The van der Waals surface area contributed by atoms with Crippen molar-refractivity contribution >= 4 is 5.82 Å². The van der Waals surface area contributed by atoms with Crippen molar-refractivity contribution in [3.05, 3.63) is 23.7 Å².